The molecule has 0 saturated carbocycles. The maximum Gasteiger partial charge on any atom is 0.323 e. The van der Waals surface area contributed by atoms with Crippen LogP contribution in [0.4, 0.5) is 11.4 Å². The molecule has 0 fully saturated rings. The molecule has 0 atom stereocenters. The molecule has 4 N–H and O–H groups in total. The van der Waals surface area contributed by atoms with Gasteiger partial charge in [0.15, 0.2) is 0 Å². The highest BCUT2D eigenvalue weighted by molar-refractivity contribution is 6.07. The van der Waals surface area contributed by atoms with Crippen molar-refractivity contribution < 1.29 is 9.59 Å². The van der Waals surface area contributed by atoms with Gasteiger partial charge in [-0.05, 0) is 48.5 Å². The van der Waals surface area contributed by atoms with Gasteiger partial charge in [-0.1, -0.05) is 6.07 Å². The first-order valence-corrected chi connectivity index (χ1v) is 8.43. The largest absolute Gasteiger partial charge is 0.323 e. The number of hydrogen-bond donors (Lipinski definition) is 4. The smallest absolute Gasteiger partial charge is 0.322 e. The summed E-state index contributed by atoms with van der Waals surface area (Å²) in [5.74, 6) is -0.651. The number of amides is 2. The number of hydrogen-bond acceptors (Lipinski definition) is 4. The molecule has 2 heterocycles. The second-order valence-electron chi connectivity index (χ2n) is 6.07. The van der Waals surface area contributed by atoms with Crippen LogP contribution >= 0.6 is 0 Å². The minimum Gasteiger partial charge on any atom is -0.322 e. The second-order valence-corrected chi connectivity index (χ2v) is 6.07. The van der Waals surface area contributed by atoms with Gasteiger partial charge in [0, 0.05) is 29.3 Å². The average molecular weight is 373 g/mol. The van der Waals surface area contributed by atoms with Crippen molar-refractivity contribution in [2.45, 2.75) is 0 Å². The minimum absolute atomic E-state index is 0.310. The lowest BCUT2D eigenvalue weighted by Gasteiger charge is -2.08. The number of imidazole rings is 1. The van der Waals surface area contributed by atoms with Crippen LogP contribution in [0, 0.1) is 0 Å². The maximum absolute atomic E-state index is 12.5. The second kappa shape index (κ2) is 7.20. The molecule has 0 aliphatic rings. The molecule has 8 heteroatoms. The van der Waals surface area contributed by atoms with Gasteiger partial charge in [-0.2, -0.15) is 0 Å². The maximum atomic E-state index is 12.5. The molecule has 138 valence electrons. The van der Waals surface area contributed by atoms with Gasteiger partial charge in [0.05, 0.1) is 16.6 Å². The van der Waals surface area contributed by atoms with E-state index in [4.69, 9.17) is 0 Å². The Labute approximate surface area is 158 Å². The first-order valence-electron chi connectivity index (χ1n) is 8.43. The van der Waals surface area contributed by atoms with Crippen molar-refractivity contribution in [3.8, 4) is 0 Å². The average Bonchev–Trinajstić information content (AvgIpc) is 3.08. The molecule has 0 radical (unpaired) electrons. The van der Waals surface area contributed by atoms with Crippen LogP contribution in [0.1, 0.15) is 20.7 Å². The number of H-pyrrole nitrogens is 2. The quantitative estimate of drug-likeness (QED) is 0.440. The van der Waals surface area contributed by atoms with Gasteiger partial charge in [0.2, 0.25) is 0 Å². The van der Waals surface area contributed by atoms with E-state index in [0.717, 1.165) is 0 Å². The molecule has 0 aliphatic carbocycles. The van der Waals surface area contributed by atoms with E-state index in [9.17, 15) is 14.4 Å². The highest BCUT2D eigenvalue weighted by atomic mass is 16.2. The lowest BCUT2D eigenvalue weighted by Crippen LogP contribution is -2.14. The van der Waals surface area contributed by atoms with Crippen molar-refractivity contribution in [1.82, 2.24) is 15.0 Å². The minimum atomic E-state index is -0.338. The van der Waals surface area contributed by atoms with Crippen molar-refractivity contribution in [2.75, 3.05) is 10.6 Å². The summed E-state index contributed by atoms with van der Waals surface area (Å²) in [6.45, 7) is 0. The zero-order valence-electron chi connectivity index (χ0n) is 14.5. The molecule has 8 nitrogen and oxygen atoms in total. The van der Waals surface area contributed by atoms with E-state index in [2.05, 4.69) is 25.6 Å². The predicted molar refractivity (Wildman–Crippen MR) is 106 cm³/mol. The number of pyridine rings is 1. The lowest BCUT2D eigenvalue weighted by molar-refractivity contribution is 0.101. The molecule has 0 bridgehead atoms. The highest BCUT2D eigenvalue weighted by Gasteiger charge is 2.10. The summed E-state index contributed by atoms with van der Waals surface area (Å²) in [7, 11) is 0. The number of aromatic nitrogens is 3. The van der Waals surface area contributed by atoms with Gasteiger partial charge in [-0.3, -0.25) is 14.6 Å². The highest BCUT2D eigenvalue weighted by Crippen LogP contribution is 2.17. The van der Waals surface area contributed by atoms with Gasteiger partial charge in [-0.25, -0.2) is 4.79 Å². The fourth-order valence-corrected chi connectivity index (χ4v) is 2.75. The number of fused-ring (bicyclic) bond motifs is 1. The summed E-state index contributed by atoms with van der Waals surface area (Å²) in [5, 5.41) is 5.52. The zero-order chi connectivity index (χ0) is 19.5. The predicted octanol–water partition coefficient (Wildman–Crippen LogP) is 2.76. The number of rotatable bonds is 4. The summed E-state index contributed by atoms with van der Waals surface area (Å²) in [6.07, 6.45) is 3.05. The fourth-order valence-electron chi connectivity index (χ4n) is 2.75. The van der Waals surface area contributed by atoms with E-state index in [1.165, 1.54) is 6.20 Å². The van der Waals surface area contributed by atoms with Crippen LogP contribution in [-0.4, -0.2) is 26.8 Å². The van der Waals surface area contributed by atoms with Crippen LogP contribution in [0.15, 0.2) is 71.8 Å². The van der Waals surface area contributed by atoms with Crippen LogP contribution in [0.2, 0.25) is 0 Å². The number of anilines is 2. The van der Waals surface area contributed by atoms with E-state index >= 15 is 0 Å². The van der Waals surface area contributed by atoms with E-state index in [1.54, 1.807) is 60.8 Å². The van der Waals surface area contributed by atoms with Crippen LogP contribution in [0.25, 0.3) is 11.0 Å². The van der Waals surface area contributed by atoms with Gasteiger partial charge < -0.3 is 20.6 Å². The number of carbonyl (C=O) groups excluding carboxylic acids is 2. The summed E-state index contributed by atoms with van der Waals surface area (Å²) in [4.78, 5) is 45.3. The number of benzene rings is 2. The molecule has 0 spiro atoms. The normalized spacial score (nSPS) is 10.6. The Morgan fingerprint density at radius 2 is 1.50 bits per heavy atom. The summed E-state index contributed by atoms with van der Waals surface area (Å²) in [5.41, 5.74) is 2.78. The molecule has 0 unspecified atom stereocenters. The Bertz CT molecular complexity index is 1230. The standard InChI is InChI=1S/C20H15N5O3/c26-18(23-15-6-7-16-17(10-15)25-20(28)24-16)12-3-1-5-14(9-12)22-19(27)13-4-2-8-21-11-13/h1-11H,(H,22,27)(H,23,26)(H2,24,25,28). The van der Waals surface area contributed by atoms with Crippen LogP contribution in [-0.2, 0) is 0 Å². The van der Waals surface area contributed by atoms with Crippen molar-refractivity contribution in [1.29, 1.82) is 0 Å². The first-order chi connectivity index (χ1) is 13.6. The van der Waals surface area contributed by atoms with Crippen LogP contribution in [0.3, 0.4) is 0 Å². The van der Waals surface area contributed by atoms with Crippen molar-refractivity contribution in [3.63, 3.8) is 0 Å². The number of nitrogens with zero attached hydrogens (tertiary/aromatic N) is 1. The zero-order valence-corrected chi connectivity index (χ0v) is 14.5. The molecule has 4 rings (SSSR count). The van der Waals surface area contributed by atoms with E-state index < -0.39 is 0 Å². The third-order valence-corrected chi connectivity index (χ3v) is 4.08. The Hall–Kier alpha value is -4.20. The molecular formula is C20H15N5O3. The number of aromatic amines is 2. The van der Waals surface area contributed by atoms with Crippen molar-refractivity contribution in [2.24, 2.45) is 0 Å². The van der Waals surface area contributed by atoms with Crippen molar-refractivity contribution in [3.05, 3.63) is 88.6 Å². The SMILES string of the molecule is O=C(Nc1cccc(C(=O)Nc2ccc3[nH]c(=O)[nH]c3c2)c1)c1cccnc1. The molecular weight excluding hydrogens is 358 g/mol. The number of nitrogens with one attached hydrogen (secondary N) is 4. The topological polar surface area (TPSA) is 120 Å². The van der Waals surface area contributed by atoms with Gasteiger partial charge >= 0.3 is 5.69 Å². The first kappa shape index (κ1) is 17.2. The fraction of sp³-hybridized carbons (Fsp3) is 0. The van der Waals surface area contributed by atoms with Gasteiger partial charge in [0.25, 0.3) is 11.8 Å². The van der Waals surface area contributed by atoms with Crippen molar-refractivity contribution >= 4 is 34.2 Å². The summed E-state index contributed by atoms with van der Waals surface area (Å²) < 4.78 is 0. The third-order valence-electron chi connectivity index (χ3n) is 4.08. The molecule has 0 saturated heterocycles. The Morgan fingerprint density at radius 3 is 2.29 bits per heavy atom. The molecule has 2 aromatic carbocycles. The Morgan fingerprint density at radius 1 is 0.786 bits per heavy atom. The van der Waals surface area contributed by atoms with Gasteiger partial charge in [-0.15, -0.1) is 0 Å². The van der Waals surface area contributed by atoms with Crippen LogP contribution in [0.5, 0.6) is 0 Å². The Kier molecular flexibility index (Phi) is 4.43. The summed E-state index contributed by atoms with van der Waals surface area (Å²) in [6, 6.07) is 15.0. The summed E-state index contributed by atoms with van der Waals surface area (Å²) >= 11 is 0. The molecule has 2 aromatic heterocycles. The van der Waals surface area contributed by atoms with E-state index in [-0.39, 0.29) is 17.5 Å². The Balaban J connectivity index is 1.50. The van der Waals surface area contributed by atoms with Crippen LogP contribution < -0.4 is 16.3 Å². The lowest BCUT2D eigenvalue weighted by atomic mass is 10.1. The molecule has 4 aromatic rings. The third kappa shape index (κ3) is 3.65. The number of carbonyl (C=O) groups is 2. The van der Waals surface area contributed by atoms with E-state index in [0.29, 0.717) is 33.5 Å². The molecule has 28 heavy (non-hydrogen) atoms. The van der Waals surface area contributed by atoms with Gasteiger partial charge in [0.1, 0.15) is 0 Å². The molecule has 2 amide bonds. The monoisotopic (exact) mass is 373 g/mol. The van der Waals surface area contributed by atoms with E-state index in [1.807, 2.05) is 0 Å². The molecule has 0 aliphatic heterocycles.